The van der Waals surface area contributed by atoms with Gasteiger partial charge in [0.15, 0.2) is 11.6 Å². The average molecular weight is 306 g/mol. The predicted octanol–water partition coefficient (Wildman–Crippen LogP) is 3.53. The van der Waals surface area contributed by atoms with Crippen LogP contribution < -0.4 is 10.1 Å². The number of unbranched alkanes of at least 4 members (excludes halogenated alkanes) is 2. The zero-order chi connectivity index (χ0) is 15.8. The standard InChI is InChI=1S/C18H27FN2O/c1-3-4-5-6-7-17(21-12-10-20-11-13-21)15-8-9-18(22-2)16(19)14-15/h3,8-9,14,17,20H,1,4-7,10-13H2,2H3/t17-/m0/s1. The van der Waals surface area contributed by atoms with Gasteiger partial charge < -0.3 is 10.1 Å². The molecule has 0 aliphatic carbocycles. The summed E-state index contributed by atoms with van der Waals surface area (Å²) in [5, 5.41) is 3.38. The zero-order valence-electron chi connectivity index (χ0n) is 13.5. The summed E-state index contributed by atoms with van der Waals surface area (Å²) in [6.45, 7) is 7.80. The number of rotatable bonds is 8. The molecule has 0 saturated carbocycles. The number of halogens is 1. The molecule has 1 aliphatic rings. The number of benzene rings is 1. The Bertz CT molecular complexity index is 472. The predicted molar refractivity (Wildman–Crippen MR) is 88.8 cm³/mol. The van der Waals surface area contributed by atoms with Gasteiger partial charge >= 0.3 is 0 Å². The molecular weight excluding hydrogens is 279 g/mol. The third kappa shape index (κ3) is 4.55. The molecule has 1 N–H and O–H groups in total. The van der Waals surface area contributed by atoms with Gasteiger partial charge in [-0.3, -0.25) is 4.90 Å². The van der Waals surface area contributed by atoms with E-state index in [-0.39, 0.29) is 11.9 Å². The van der Waals surface area contributed by atoms with Crippen molar-refractivity contribution in [3.63, 3.8) is 0 Å². The van der Waals surface area contributed by atoms with Gasteiger partial charge in [0.25, 0.3) is 0 Å². The molecule has 22 heavy (non-hydrogen) atoms. The quantitative estimate of drug-likeness (QED) is 0.587. The molecule has 1 aliphatic heterocycles. The van der Waals surface area contributed by atoms with Crippen molar-refractivity contribution >= 4 is 0 Å². The van der Waals surface area contributed by atoms with Crippen LogP contribution in [0.4, 0.5) is 4.39 Å². The summed E-state index contributed by atoms with van der Waals surface area (Å²) >= 11 is 0. The minimum Gasteiger partial charge on any atom is -0.494 e. The third-order valence-corrected chi connectivity index (χ3v) is 4.29. The smallest absolute Gasteiger partial charge is 0.165 e. The molecule has 0 amide bonds. The largest absolute Gasteiger partial charge is 0.494 e. The van der Waals surface area contributed by atoms with Crippen molar-refractivity contribution in [2.45, 2.75) is 31.7 Å². The van der Waals surface area contributed by atoms with Gasteiger partial charge in [-0.2, -0.15) is 0 Å². The highest BCUT2D eigenvalue weighted by Crippen LogP contribution is 2.30. The first-order valence-electron chi connectivity index (χ1n) is 8.15. The van der Waals surface area contributed by atoms with Crippen LogP contribution in [0.25, 0.3) is 0 Å². The maximum atomic E-state index is 14.1. The second-order valence-corrected chi connectivity index (χ2v) is 5.77. The van der Waals surface area contributed by atoms with E-state index in [1.165, 1.54) is 7.11 Å². The van der Waals surface area contributed by atoms with Crippen molar-refractivity contribution in [2.75, 3.05) is 33.3 Å². The number of nitrogens with one attached hydrogen (secondary N) is 1. The maximum absolute atomic E-state index is 14.1. The lowest BCUT2D eigenvalue weighted by Gasteiger charge is -2.35. The summed E-state index contributed by atoms with van der Waals surface area (Å²) in [4.78, 5) is 2.46. The summed E-state index contributed by atoms with van der Waals surface area (Å²) in [7, 11) is 1.50. The van der Waals surface area contributed by atoms with Crippen LogP contribution in [-0.2, 0) is 0 Å². The Morgan fingerprint density at radius 3 is 2.77 bits per heavy atom. The normalized spacial score (nSPS) is 17.2. The van der Waals surface area contributed by atoms with Crippen molar-refractivity contribution in [1.82, 2.24) is 10.2 Å². The van der Waals surface area contributed by atoms with Crippen LogP contribution in [0.5, 0.6) is 5.75 Å². The summed E-state index contributed by atoms with van der Waals surface area (Å²) in [5.41, 5.74) is 1.05. The van der Waals surface area contributed by atoms with Crippen molar-refractivity contribution in [2.24, 2.45) is 0 Å². The van der Waals surface area contributed by atoms with Crippen LogP contribution in [0.15, 0.2) is 30.9 Å². The van der Waals surface area contributed by atoms with Gasteiger partial charge in [-0.15, -0.1) is 6.58 Å². The molecular formula is C18H27FN2O. The van der Waals surface area contributed by atoms with Gasteiger partial charge in [0.2, 0.25) is 0 Å². The fraction of sp³-hybridized carbons (Fsp3) is 0.556. The van der Waals surface area contributed by atoms with E-state index in [9.17, 15) is 4.39 Å². The highest BCUT2D eigenvalue weighted by molar-refractivity contribution is 5.31. The van der Waals surface area contributed by atoms with Gasteiger partial charge in [0.05, 0.1) is 7.11 Å². The molecule has 1 fully saturated rings. The first kappa shape index (κ1) is 17.0. The summed E-state index contributed by atoms with van der Waals surface area (Å²) in [5.74, 6) is 0.0423. The van der Waals surface area contributed by atoms with E-state index in [0.717, 1.165) is 57.4 Å². The lowest BCUT2D eigenvalue weighted by Crippen LogP contribution is -2.45. The van der Waals surface area contributed by atoms with Crippen LogP contribution in [0.2, 0.25) is 0 Å². The zero-order valence-corrected chi connectivity index (χ0v) is 13.5. The Morgan fingerprint density at radius 2 is 2.14 bits per heavy atom. The fourth-order valence-corrected chi connectivity index (χ4v) is 3.07. The molecule has 1 aromatic carbocycles. The number of allylic oxidation sites excluding steroid dienone is 1. The van der Waals surface area contributed by atoms with E-state index in [4.69, 9.17) is 4.74 Å². The average Bonchev–Trinajstić information content (AvgIpc) is 2.56. The minimum absolute atomic E-state index is 0.272. The SMILES string of the molecule is C=CCCCC[C@@H](c1ccc(OC)c(F)c1)N1CCNCC1. The first-order valence-corrected chi connectivity index (χ1v) is 8.15. The minimum atomic E-state index is -0.272. The fourth-order valence-electron chi connectivity index (χ4n) is 3.07. The van der Waals surface area contributed by atoms with Gasteiger partial charge in [-0.05, 0) is 37.0 Å². The lowest BCUT2D eigenvalue weighted by atomic mass is 9.97. The summed E-state index contributed by atoms with van der Waals surface area (Å²) in [6.07, 6.45) is 6.34. The Morgan fingerprint density at radius 1 is 1.36 bits per heavy atom. The number of hydrogen-bond donors (Lipinski definition) is 1. The van der Waals surface area contributed by atoms with Crippen molar-refractivity contribution in [3.05, 3.63) is 42.2 Å². The first-order chi connectivity index (χ1) is 10.8. The number of methoxy groups -OCH3 is 1. The molecule has 0 bridgehead atoms. The van der Waals surface area contributed by atoms with Crippen molar-refractivity contribution in [3.8, 4) is 5.75 Å². The van der Waals surface area contributed by atoms with Crippen LogP contribution in [-0.4, -0.2) is 38.2 Å². The molecule has 1 atom stereocenters. The number of hydrogen-bond acceptors (Lipinski definition) is 3. The molecule has 0 unspecified atom stereocenters. The highest BCUT2D eigenvalue weighted by Gasteiger charge is 2.22. The molecule has 0 spiro atoms. The molecule has 122 valence electrons. The van der Waals surface area contributed by atoms with E-state index >= 15 is 0 Å². The van der Waals surface area contributed by atoms with Gasteiger partial charge in [-0.1, -0.05) is 18.6 Å². The van der Waals surface area contributed by atoms with E-state index < -0.39 is 0 Å². The number of nitrogens with zero attached hydrogens (tertiary/aromatic N) is 1. The molecule has 0 radical (unpaired) electrons. The Hall–Kier alpha value is -1.39. The summed E-state index contributed by atoms with van der Waals surface area (Å²) < 4.78 is 19.1. The molecule has 1 heterocycles. The molecule has 3 nitrogen and oxygen atoms in total. The number of piperazine rings is 1. The highest BCUT2D eigenvalue weighted by atomic mass is 19.1. The molecule has 2 rings (SSSR count). The lowest BCUT2D eigenvalue weighted by molar-refractivity contribution is 0.162. The van der Waals surface area contributed by atoms with Crippen LogP contribution >= 0.6 is 0 Å². The Kier molecular flexibility index (Phi) is 6.87. The van der Waals surface area contributed by atoms with Crippen molar-refractivity contribution in [1.29, 1.82) is 0 Å². The Balaban J connectivity index is 2.11. The molecule has 1 saturated heterocycles. The second-order valence-electron chi connectivity index (χ2n) is 5.77. The van der Waals surface area contributed by atoms with Gasteiger partial charge in [0, 0.05) is 32.2 Å². The van der Waals surface area contributed by atoms with Crippen molar-refractivity contribution < 1.29 is 9.13 Å². The van der Waals surface area contributed by atoms with E-state index in [1.54, 1.807) is 12.1 Å². The van der Waals surface area contributed by atoms with Crippen LogP contribution in [0.3, 0.4) is 0 Å². The van der Waals surface area contributed by atoms with E-state index in [1.807, 2.05) is 12.1 Å². The second kappa shape index (κ2) is 8.91. The number of ether oxygens (including phenoxy) is 1. The molecule has 4 heteroatoms. The van der Waals surface area contributed by atoms with Crippen LogP contribution in [0.1, 0.15) is 37.3 Å². The summed E-state index contributed by atoms with van der Waals surface area (Å²) in [6, 6.07) is 5.66. The van der Waals surface area contributed by atoms with Crippen LogP contribution in [0, 0.1) is 5.82 Å². The third-order valence-electron chi connectivity index (χ3n) is 4.29. The van der Waals surface area contributed by atoms with E-state index in [2.05, 4.69) is 16.8 Å². The van der Waals surface area contributed by atoms with E-state index in [0.29, 0.717) is 5.75 Å². The monoisotopic (exact) mass is 306 g/mol. The van der Waals surface area contributed by atoms with Gasteiger partial charge in [-0.25, -0.2) is 4.39 Å². The molecule has 0 aromatic heterocycles. The maximum Gasteiger partial charge on any atom is 0.165 e. The molecule has 1 aromatic rings. The topological polar surface area (TPSA) is 24.5 Å². The van der Waals surface area contributed by atoms with Gasteiger partial charge in [0.1, 0.15) is 0 Å². The Labute approximate surface area is 133 Å².